The van der Waals surface area contributed by atoms with Crippen molar-refractivity contribution in [2.24, 2.45) is 5.92 Å². The first kappa shape index (κ1) is 25.2. The maximum Gasteiger partial charge on any atom is 0.257 e. The predicted octanol–water partition coefficient (Wildman–Crippen LogP) is 2.15. The SMILES string of the molecule is CCNC(=O)COc1cccc(NC(=O)[C@@H](NS(=O)(=O)c2ccc(OC)cc2)C(C)C)c1. The molecule has 2 rings (SSSR count). The number of sulfonamides is 1. The summed E-state index contributed by atoms with van der Waals surface area (Å²) in [5.41, 5.74) is 0.415. The van der Waals surface area contributed by atoms with Crippen molar-refractivity contribution in [3.8, 4) is 11.5 Å². The number of amides is 2. The van der Waals surface area contributed by atoms with Crippen molar-refractivity contribution in [1.29, 1.82) is 0 Å². The predicted molar refractivity (Wildman–Crippen MR) is 121 cm³/mol. The lowest BCUT2D eigenvalue weighted by Gasteiger charge is -2.22. The summed E-state index contributed by atoms with van der Waals surface area (Å²) in [5.74, 6) is -0.168. The van der Waals surface area contributed by atoms with Crippen molar-refractivity contribution in [2.45, 2.75) is 31.7 Å². The van der Waals surface area contributed by atoms with E-state index in [-0.39, 0.29) is 23.3 Å². The molecule has 174 valence electrons. The van der Waals surface area contributed by atoms with Crippen molar-refractivity contribution in [3.05, 3.63) is 48.5 Å². The Balaban J connectivity index is 2.10. The monoisotopic (exact) mass is 463 g/mol. The lowest BCUT2D eigenvalue weighted by atomic mass is 10.0. The number of carbonyl (C=O) groups is 2. The second kappa shape index (κ2) is 11.5. The normalized spacial score (nSPS) is 12.2. The van der Waals surface area contributed by atoms with Crippen LogP contribution >= 0.6 is 0 Å². The maximum absolute atomic E-state index is 12.9. The van der Waals surface area contributed by atoms with Crippen LogP contribution in [0.15, 0.2) is 53.4 Å². The summed E-state index contributed by atoms with van der Waals surface area (Å²) < 4.78 is 38.5. The average Bonchev–Trinajstić information content (AvgIpc) is 2.76. The lowest BCUT2D eigenvalue weighted by molar-refractivity contribution is -0.123. The average molecular weight is 464 g/mol. The Labute approximate surface area is 188 Å². The van der Waals surface area contributed by atoms with Crippen LogP contribution in [-0.2, 0) is 19.6 Å². The van der Waals surface area contributed by atoms with Crippen LogP contribution in [0.4, 0.5) is 5.69 Å². The van der Waals surface area contributed by atoms with Crippen LogP contribution in [0.1, 0.15) is 20.8 Å². The van der Waals surface area contributed by atoms with Crippen LogP contribution in [0.25, 0.3) is 0 Å². The fraction of sp³-hybridized carbons (Fsp3) is 0.364. The number of carbonyl (C=O) groups excluding carboxylic acids is 2. The first-order valence-corrected chi connectivity index (χ1v) is 11.6. The summed E-state index contributed by atoms with van der Waals surface area (Å²) in [6, 6.07) is 11.4. The molecule has 2 aromatic carbocycles. The number of benzene rings is 2. The Morgan fingerprint density at radius 2 is 1.72 bits per heavy atom. The highest BCUT2D eigenvalue weighted by Crippen LogP contribution is 2.20. The molecule has 0 spiro atoms. The van der Waals surface area contributed by atoms with Gasteiger partial charge < -0.3 is 20.1 Å². The molecule has 0 saturated heterocycles. The molecule has 32 heavy (non-hydrogen) atoms. The van der Waals surface area contributed by atoms with Gasteiger partial charge in [-0.1, -0.05) is 19.9 Å². The van der Waals surface area contributed by atoms with Gasteiger partial charge in [-0.3, -0.25) is 9.59 Å². The molecule has 0 unspecified atom stereocenters. The first-order valence-electron chi connectivity index (χ1n) is 10.1. The molecule has 10 heteroatoms. The Morgan fingerprint density at radius 3 is 2.31 bits per heavy atom. The number of anilines is 1. The molecule has 9 nitrogen and oxygen atoms in total. The van der Waals surface area contributed by atoms with E-state index in [0.29, 0.717) is 23.7 Å². The molecular weight excluding hydrogens is 434 g/mol. The molecule has 0 aliphatic heterocycles. The van der Waals surface area contributed by atoms with E-state index in [9.17, 15) is 18.0 Å². The Bertz CT molecular complexity index is 1020. The molecule has 3 N–H and O–H groups in total. The molecule has 0 aromatic heterocycles. The van der Waals surface area contributed by atoms with Gasteiger partial charge in [-0.15, -0.1) is 0 Å². The third-order valence-electron chi connectivity index (χ3n) is 4.45. The van der Waals surface area contributed by atoms with Crippen molar-refractivity contribution < 1.29 is 27.5 Å². The fourth-order valence-corrected chi connectivity index (χ4v) is 4.11. The molecule has 0 aliphatic rings. The molecular formula is C22H29N3O6S. The quantitative estimate of drug-likeness (QED) is 0.469. The van der Waals surface area contributed by atoms with Gasteiger partial charge in [0.15, 0.2) is 6.61 Å². The zero-order chi connectivity index (χ0) is 23.7. The molecule has 0 bridgehead atoms. The highest BCUT2D eigenvalue weighted by molar-refractivity contribution is 7.89. The summed E-state index contributed by atoms with van der Waals surface area (Å²) in [4.78, 5) is 24.4. The van der Waals surface area contributed by atoms with Crippen molar-refractivity contribution >= 4 is 27.5 Å². The van der Waals surface area contributed by atoms with Gasteiger partial charge in [-0.05, 0) is 49.2 Å². The number of rotatable bonds is 11. The standard InChI is InChI=1S/C22H29N3O6S/c1-5-23-20(26)14-31-18-8-6-7-16(13-18)24-22(27)21(15(2)3)25-32(28,29)19-11-9-17(30-4)10-12-19/h6-13,15,21,25H,5,14H2,1-4H3,(H,23,26)(H,24,27)/t21-/m0/s1. The molecule has 0 aliphatic carbocycles. The van der Waals surface area contributed by atoms with E-state index in [2.05, 4.69) is 15.4 Å². The van der Waals surface area contributed by atoms with Crippen LogP contribution in [0, 0.1) is 5.92 Å². The summed E-state index contributed by atoms with van der Waals surface area (Å²) in [7, 11) is -2.45. The molecule has 0 heterocycles. The first-order chi connectivity index (χ1) is 15.2. The van der Waals surface area contributed by atoms with E-state index in [1.54, 1.807) is 38.1 Å². The van der Waals surface area contributed by atoms with E-state index in [1.807, 2.05) is 6.92 Å². The summed E-state index contributed by atoms with van der Waals surface area (Å²) in [5, 5.41) is 5.33. The minimum Gasteiger partial charge on any atom is -0.497 e. The van der Waals surface area contributed by atoms with Crippen molar-refractivity contribution in [3.63, 3.8) is 0 Å². The second-order valence-electron chi connectivity index (χ2n) is 7.28. The smallest absolute Gasteiger partial charge is 0.257 e. The van der Waals surface area contributed by atoms with Gasteiger partial charge in [0, 0.05) is 18.3 Å². The van der Waals surface area contributed by atoms with Crippen molar-refractivity contribution in [2.75, 3.05) is 25.6 Å². The highest BCUT2D eigenvalue weighted by atomic mass is 32.2. The lowest BCUT2D eigenvalue weighted by Crippen LogP contribution is -2.47. The van der Waals surface area contributed by atoms with E-state index in [4.69, 9.17) is 9.47 Å². The van der Waals surface area contributed by atoms with Crippen LogP contribution < -0.4 is 24.8 Å². The van der Waals surface area contributed by atoms with Gasteiger partial charge in [-0.25, -0.2) is 8.42 Å². The Kier molecular flexibility index (Phi) is 9.03. The number of nitrogens with one attached hydrogen (secondary N) is 3. The summed E-state index contributed by atoms with van der Waals surface area (Å²) >= 11 is 0. The molecule has 2 aromatic rings. The van der Waals surface area contributed by atoms with Gasteiger partial charge in [0.2, 0.25) is 15.9 Å². The molecule has 2 amide bonds. The topological polar surface area (TPSA) is 123 Å². The molecule has 0 radical (unpaired) electrons. The Morgan fingerprint density at radius 1 is 1.03 bits per heavy atom. The van der Waals surface area contributed by atoms with Gasteiger partial charge >= 0.3 is 0 Å². The van der Waals surface area contributed by atoms with E-state index >= 15 is 0 Å². The van der Waals surface area contributed by atoms with Crippen LogP contribution in [0.2, 0.25) is 0 Å². The third-order valence-corrected chi connectivity index (χ3v) is 5.90. The molecule has 0 saturated carbocycles. The maximum atomic E-state index is 12.9. The van der Waals surface area contributed by atoms with E-state index in [0.717, 1.165) is 0 Å². The zero-order valence-corrected chi connectivity index (χ0v) is 19.4. The number of ether oxygens (including phenoxy) is 2. The van der Waals surface area contributed by atoms with E-state index in [1.165, 1.54) is 31.4 Å². The van der Waals surface area contributed by atoms with Gasteiger partial charge in [0.1, 0.15) is 17.5 Å². The minimum absolute atomic E-state index is 0.0255. The van der Waals surface area contributed by atoms with Crippen LogP contribution in [0.5, 0.6) is 11.5 Å². The fourth-order valence-electron chi connectivity index (χ4n) is 2.76. The van der Waals surface area contributed by atoms with Crippen LogP contribution in [-0.4, -0.2) is 46.5 Å². The van der Waals surface area contributed by atoms with Gasteiger partial charge in [0.05, 0.1) is 12.0 Å². The number of hydrogen-bond acceptors (Lipinski definition) is 6. The van der Waals surface area contributed by atoms with Gasteiger partial charge in [0.25, 0.3) is 5.91 Å². The largest absolute Gasteiger partial charge is 0.497 e. The number of methoxy groups -OCH3 is 1. The molecule has 0 fully saturated rings. The number of hydrogen-bond donors (Lipinski definition) is 3. The number of likely N-dealkylation sites (N-methyl/N-ethyl adjacent to an activating group) is 1. The van der Waals surface area contributed by atoms with Gasteiger partial charge in [-0.2, -0.15) is 4.72 Å². The Hall–Kier alpha value is -3.11. The second-order valence-corrected chi connectivity index (χ2v) is 8.99. The highest BCUT2D eigenvalue weighted by Gasteiger charge is 2.28. The summed E-state index contributed by atoms with van der Waals surface area (Å²) in [6.45, 7) is 5.64. The molecule has 1 atom stereocenters. The van der Waals surface area contributed by atoms with E-state index < -0.39 is 22.0 Å². The third kappa shape index (κ3) is 7.24. The summed E-state index contributed by atoms with van der Waals surface area (Å²) in [6.07, 6.45) is 0. The van der Waals surface area contributed by atoms with Crippen molar-refractivity contribution in [1.82, 2.24) is 10.0 Å². The minimum atomic E-state index is -3.93. The van der Waals surface area contributed by atoms with Crippen LogP contribution in [0.3, 0.4) is 0 Å². The zero-order valence-electron chi connectivity index (χ0n) is 18.5.